The quantitative estimate of drug-likeness (QED) is 0.527. The van der Waals surface area contributed by atoms with Crippen molar-refractivity contribution in [3.05, 3.63) is 94.0 Å². The molecule has 0 bridgehead atoms. The number of hydrogen-bond acceptors (Lipinski definition) is 5. The van der Waals surface area contributed by atoms with E-state index in [1.165, 1.54) is 7.11 Å². The fourth-order valence-corrected chi connectivity index (χ4v) is 4.38. The molecule has 3 aromatic carbocycles. The lowest BCUT2D eigenvalue weighted by Crippen LogP contribution is -2.44. The predicted octanol–water partition coefficient (Wildman–Crippen LogP) is 5.15. The summed E-state index contributed by atoms with van der Waals surface area (Å²) < 4.78 is 11.7. The molecule has 0 aromatic heterocycles. The van der Waals surface area contributed by atoms with Crippen LogP contribution in [-0.4, -0.2) is 31.6 Å². The molecule has 0 saturated carbocycles. The summed E-state index contributed by atoms with van der Waals surface area (Å²) in [5, 5.41) is 3.61. The third-order valence-corrected chi connectivity index (χ3v) is 5.85. The maximum Gasteiger partial charge on any atom is 0.319 e. The van der Waals surface area contributed by atoms with Crippen molar-refractivity contribution in [2.45, 2.75) is 12.2 Å². The van der Waals surface area contributed by atoms with E-state index in [1.54, 1.807) is 7.11 Å². The highest BCUT2D eigenvalue weighted by atomic mass is 79.9. The van der Waals surface area contributed by atoms with Crippen molar-refractivity contribution in [3.63, 3.8) is 0 Å². The van der Waals surface area contributed by atoms with E-state index >= 15 is 0 Å². The molecule has 1 N–H and O–H groups in total. The van der Waals surface area contributed by atoms with Crippen molar-refractivity contribution in [2.24, 2.45) is 0 Å². The Hall–Kier alpha value is -2.83. The molecule has 1 aliphatic heterocycles. The van der Waals surface area contributed by atoms with Crippen LogP contribution in [0.5, 0.6) is 5.75 Å². The van der Waals surface area contributed by atoms with Gasteiger partial charge in [-0.1, -0.05) is 64.5 Å². The number of esters is 1. The molecule has 0 saturated heterocycles. The van der Waals surface area contributed by atoms with Crippen LogP contribution in [0.25, 0.3) is 0 Å². The lowest BCUT2D eigenvalue weighted by molar-refractivity contribution is -0.143. The Labute approximate surface area is 184 Å². The van der Waals surface area contributed by atoms with Gasteiger partial charge in [0.2, 0.25) is 0 Å². The molecule has 0 fully saturated rings. The number of rotatable bonds is 5. The van der Waals surface area contributed by atoms with Crippen molar-refractivity contribution in [3.8, 4) is 5.75 Å². The fraction of sp³-hybridized carbons (Fsp3) is 0.208. The molecule has 154 valence electrons. The lowest BCUT2D eigenvalue weighted by atomic mass is 9.91. The molecular formula is C24H23BrN2O3. The molecular weight excluding hydrogens is 444 g/mol. The van der Waals surface area contributed by atoms with Crippen molar-refractivity contribution in [1.29, 1.82) is 0 Å². The predicted molar refractivity (Wildman–Crippen MR) is 121 cm³/mol. The van der Waals surface area contributed by atoms with E-state index < -0.39 is 0 Å². The highest BCUT2D eigenvalue weighted by Gasteiger charge is 2.38. The standard InChI is InChI=1S/C24H23BrN2O3/c1-29-21-11-7-6-10-18(21)24-26-20-13-12-17(25)14-19(20)23(16-8-4-3-5-9-16)27(24)15-22(28)30-2/h3-14,23-24,26H,15H2,1-2H3/t23-,24-/m1/s1. The number of fused-ring (bicyclic) bond motifs is 1. The average molecular weight is 467 g/mol. The summed E-state index contributed by atoms with van der Waals surface area (Å²) in [5.74, 6) is 0.466. The van der Waals surface area contributed by atoms with E-state index in [1.807, 2.05) is 48.5 Å². The molecule has 5 nitrogen and oxygen atoms in total. The first-order valence-electron chi connectivity index (χ1n) is 9.68. The van der Waals surface area contributed by atoms with Gasteiger partial charge >= 0.3 is 5.97 Å². The third kappa shape index (κ3) is 3.93. The lowest BCUT2D eigenvalue weighted by Gasteiger charge is -2.44. The van der Waals surface area contributed by atoms with Gasteiger partial charge in [0.25, 0.3) is 0 Å². The number of carbonyl (C=O) groups excluding carboxylic acids is 1. The van der Waals surface area contributed by atoms with E-state index in [0.29, 0.717) is 0 Å². The summed E-state index contributed by atoms with van der Waals surface area (Å²) in [6, 6.07) is 24.1. The van der Waals surface area contributed by atoms with Gasteiger partial charge in [-0.15, -0.1) is 0 Å². The number of ether oxygens (including phenoxy) is 2. The van der Waals surface area contributed by atoms with Crippen LogP contribution < -0.4 is 10.1 Å². The average Bonchev–Trinajstić information content (AvgIpc) is 2.79. The van der Waals surface area contributed by atoms with Crippen LogP contribution in [0.2, 0.25) is 0 Å². The smallest absolute Gasteiger partial charge is 0.319 e. The minimum absolute atomic E-state index is 0.123. The van der Waals surface area contributed by atoms with Crippen molar-refractivity contribution in [2.75, 3.05) is 26.1 Å². The van der Waals surface area contributed by atoms with Crippen molar-refractivity contribution in [1.82, 2.24) is 4.90 Å². The van der Waals surface area contributed by atoms with Crippen molar-refractivity contribution >= 4 is 27.6 Å². The maximum atomic E-state index is 12.4. The summed E-state index contributed by atoms with van der Waals surface area (Å²) in [5.41, 5.74) is 4.16. The molecule has 0 spiro atoms. The number of halogens is 1. The van der Waals surface area contributed by atoms with Gasteiger partial charge in [0.05, 0.1) is 26.8 Å². The molecule has 1 aliphatic rings. The van der Waals surface area contributed by atoms with Gasteiger partial charge in [0.15, 0.2) is 0 Å². The van der Waals surface area contributed by atoms with Gasteiger partial charge in [-0.05, 0) is 35.4 Å². The van der Waals surface area contributed by atoms with Crippen LogP contribution in [0, 0.1) is 0 Å². The molecule has 4 rings (SSSR count). The normalized spacial score (nSPS) is 18.2. The molecule has 6 heteroatoms. The highest BCUT2D eigenvalue weighted by molar-refractivity contribution is 9.10. The largest absolute Gasteiger partial charge is 0.496 e. The number of anilines is 1. The Morgan fingerprint density at radius 1 is 1.00 bits per heavy atom. The number of carbonyl (C=O) groups is 1. The molecule has 30 heavy (non-hydrogen) atoms. The summed E-state index contributed by atoms with van der Waals surface area (Å²) >= 11 is 3.60. The molecule has 0 aliphatic carbocycles. The van der Waals surface area contributed by atoms with Crippen LogP contribution in [-0.2, 0) is 9.53 Å². The van der Waals surface area contributed by atoms with E-state index in [-0.39, 0.29) is 24.7 Å². The minimum Gasteiger partial charge on any atom is -0.496 e. The molecule has 2 atom stereocenters. The maximum absolute atomic E-state index is 12.4. The Balaban J connectivity index is 1.92. The van der Waals surface area contributed by atoms with Gasteiger partial charge in [0, 0.05) is 15.7 Å². The second-order valence-electron chi connectivity index (χ2n) is 7.08. The summed E-state index contributed by atoms with van der Waals surface area (Å²) in [7, 11) is 3.08. The zero-order valence-electron chi connectivity index (χ0n) is 16.8. The molecule has 0 radical (unpaired) electrons. The van der Waals surface area contributed by atoms with E-state index in [2.05, 4.69) is 50.4 Å². The van der Waals surface area contributed by atoms with Gasteiger partial charge < -0.3 is 14.8 Å². The zero-order valence-corrected chi connectivity index (χ0v) is 18.4. The number of hydrogen-bond donors (Lipinski definition) is 1. The second kappa shape index (κ2) is 8.90. The second-order valence-corrected chi connectivity index (χ2v) is 8.00. The van der Waals surface area contributed by atoms with Gasteiger partial charge in [0.1, 0.15) is 11.9 Å². The number of nitrogens with one attached hydrogen (secondary N) is 1. The van der Waals surface area contributed by atoms with Gasteiger partial charge in [-0.2, -0.15) is 0 Å². The van der Waals surface area contributed by atoms with Gasteiger partial charge in [-0.25, -0.2) is 0 Å². The summed E-state index contributed by atoms with van der Waals surface area (Å²) in [6.07, 6.45) is -0.279. The molecule has 3 aromatic rings. The van der Waals surface area contributed by atoms with E-state index in [9.17, 15) is 4.79 Å². The topological polar surface area (TPSA) is 50.8 Å². The monoisotopic (exact) mass is 466 g/mol. The van der Waals surface area contributed by atoms with Crippen LogP contribution >= 0.6 is 15.9 Å². The number of methoxy groups -OCH3 is 2. The Bertz CT molecular complexity index is 1040. The summed E-state index contributed by atoms with van der Waals surface area (Å²) in [6.45, 7) is 0.123. The Kier molecular flexibility index (Phi) is 6.06. The van der Waals surface area contributed by atoms with Crippen molar-refractivity contribution < 1.29 is 14.3 Å². The third-order valence-electron chi connectivity index (χ3n) is 5.35. The minimum atomic E-state index is -0.295. The van der Waals surface area contributed by atoms with E-state index in [0.717, 1.165) is 32.6 Å². The number of nitrogens with zero attached hydrogens (tertiary/aromatic N) is 1. The highest BCUT2D eigenvalue weighted by Crippen LogP contribution is 2.46. The molecule has 1 heterocycles. The van der Waals surface area contributed by atoms with Crippen LogP contribution in [0.3, 0.4) is 0 Å². The first-order chi connectivity index (χ1) is 14.6. The number of benzene rings is 3. The summed E-state index contributed by atoms with van der Waals surface area (Å²) in [4.78, 5) is 14.6. The van der Waals surface area contributed by atoms with E-state index in [4.69, 9.17) is 9.47 Å². The SMILES string of the molecule is COC(=O)CN1[C@H](c2ccccc2)c2cc(Br)ccc2N[C@H]1c1ccccc1OC. The molecule has 0 unspecified atom stereocenters. The number of para-hydroxylation sites is 1. The molecule has 0 amide bonds. The van der Waals surface area contributed by atoms with Crippen LogP contribution in [0.4, 0.5) is 5.69 Å². The van der Waals surface area contributed by atoms with Crippen LogP contribution in [0.1, 0.15) is 28.9 Å². The van der Waals surface area contributed by atoms with Crippen LogP contribution in [0.15, 0.2) is 77.3 Å². The Morgan fingerprint density at radius 3 is 2.47 bits per heavy atom. The Morgan fingerprint density at radius 2 is 1.73 bits per heavy atom. The zero-order chi connectivity index (χ0) is 21.1. The first-order valence-corrected chi connectivity index (χ1v) is 10.5. The fourth-order valence-electron chi connectivity index (χ4n) is 4.00. The van der Waals surface area contributed by atoms with Gasteiger partial charge in [-0.3, -0.25) is 9.69 Å². The first kappa shape index (κ1) is 20.4.